The van der Waals surface area contributed by atoms with Gasteiger partial charge in [0.05, 0.1) is 6.20 Å². The predicted molar refractivity (Wildman–Crippen MR) is 91.8 cm³/mol. The lowest BCUT2D eigenvalue weighted by Crippen LogP contribution is -2.49. The van der Waals surface area contributed by atoms with Gasteiger partial charge in [-0.3, -0.25) is 9.89 Å². The highest BCUT2D eigenvalue weighted by atomic mass is 16.2. The first kappa shape index (κ1) is 16.4. The molecule has 0 bridgehead atoms. The molecule has 2 aromatic rings. The van der Waals surface area contributed by atoms with Gasteiger partial charge < -0.3 is 9.80 Å². The molecule has 7 nitrogen and oxygen atoms in total. The highest BCUT2D eigenvalue weighted by Crippen LogP contribution is 2.20. The number of piperazine rings is 1. The minimum Gasteiger partial charge on any atom is -0.353 e. The molecule has 1 N–H and O–H groups in total. The molecule has 3 heterocycles. The van der Waals surface area contributed by atoms with Gasteiger partial charge in [0.15, 0.2) is 0 Å². The van der Waals surface area contributed by atoms with E-state index in [0.717, 1.165) is 61.7 Å². The summed E-state index contributed by atoms with van der Waals surface area (Å²) in [5, 5.41) is 6.72. The third kappa shape index (κ3) is 3.72. The minimum atomic E-state index is 0.244. The second-order valence-corrected chi connectivity index (χ2v) is 6.24. The van der Waals surface area contributed by atoms with E-state index in [1.54, 1.807) is 6.33 Å². The number of carbonyl (C=O) groups excluding carboxylic acids is 1. The summed E-state index contributed by atoms with van der Waals surface area (Å²) in [4.78, 5) is 25.2. The predicted octanol–water partition coefficient (Wildman–Crippen LogP) is 1.49. The van der Waals surface area contributed by atoms with E-state index in [-0.39, 0.29) is 5.91 Å². The van der Waals surface area contributed by atoms with E-state index in [4.69, 9.17) is 0 Å². The normalized spacial score (nSPS) is 14.9. The molecule has 24 heavy (non-hydrogen) atoms. The average molecular weight is 328 g/mol. The van der Waals surface area contributed by atoms with Crippen LogP contribution in [0.5, 0.6) is 0 Å². The van der Waals surface area contributed by atoms with Crippen LogP contribution in [0.4, 0.5) is 5.82 Å². The molecule has 0 saturated carbocycles. The number of H-pyrrole nitrogens is 1. The van der Waals surface area contributed by atoms with Crippen LogP contribution in [0.15, 0.2) is 18.7 Å². The maximum Gasteiger partial charge on any atom is 0.222 e. The number of hydrogen-bond donors (Lipinski definition) is 1. The number of amides is 1. The molecule has 0 spiro atoms. The van der Waals surface area contributed by atoms with Crippen molar-refractivity contribution in [3.05, 3.63) is 35.5 Å². The zero-order valence-corrected chi connectivity index (χ0v) is 14.3. The van der Waals surface area contributed by atoms with Crippen LogP contribution in [-0.4, -0.2) is 57.2 Å². The van der Waals surface area contributed by atoms with Crippen LogP contribution in [0.25, 0.3) is 0 Å². The van der Waals surface area contributed by atoms with E-state index >= 15 is 0 Å². The molecule has 128 valence electrons. The molecule has 1 amide bonds. The quantitative estimate of drug-likeness (QED) is 0.900. The Morgan fingerprint density at radius 3 is 2.71 bits per heavy atom. The second kappa shape index (κ2) is 7.42. The molecule has 3 rings (SSSR count). The maximum atomic E-state index is 12.3. The molecule has 0 unspecified atom stereocenters. The number of aromatic nitrogens is 4. The van der Waals surface area contributed by atoms with E-state index in [1.807, 2.05) is 24.2 Å². The summed E-state index contributed by atoms with van der Waals surface area (Å²) in [5.41, 5.74) is 3.29. The fourth-order valence-corrected chi connectivity index (χ4v) is 3.03. The van der Waals surface area contributed by atoms with Gasteiger partial charge in [0, 0.05) is 50.1 Å². The van der Waals surface area contributed by atoms with E-state index in [2.05, 4.69) is 32.0 Å². The van der Waals surface area contributed by atoms with Crippen LogP contribution in [0.2, 0.25) is 0 Å². The molecule has 0 radical (unpaired) electrons. The summed E-state index contributed by atoms with van der Waals surface area (Å²) in [5.74, 6) is 1.24. The third-order valence-corrected chi connectivity index (χ3v) is 4.65. The van der Waals surface area contributed by atoms with Gasteiger partial charge in [0.1, 0.15) is 12.1 Å². The number of nitrogens with one attached hydrogen (secondary N) is 1. The molecule has 1 aliphatic rings. The number of nitrogens with zero attached hydrogens (tertiary/aromatic N) is 5. The molecule has 1 fully saturated rings. The van der Waals surface area contributed by atoms with Crippen molar-refractivity contribution >= 4 is 11.7 Å². The molecule has 0 aromatic carbocycles. The first-order chi connectivity index (χ1) is 11.6. The third-order valence-electron chi connectivity index (χ3n) is 4.65. The van der Waals surface area contributed by atoms with E-state index in [9.17, 15) is 4.79 Å². The first-order valence-corrected chi connectivity index (χ1v) is 8.43. The van der Waals surface area contributed by atoms with Gasteiger partial charge in [-0.1, -0.05) is 0 Å². The Hall–Kier alpha value is -2.44. The van der Waals surface area contributed by atoms with Crippen molar-refractivity contribution < 1.29 is 4.79 Å². The molecule has 2 aromatic heterocycles. The number of aryl methyl sites for hydroxylation is 2. The SMILES string of the molecule is Cc1ncnc(N2CCN(C(=O)CCCc3cn[nH]c3)CC2)c1C. The Bertz CT molecular complexity index is 676. The minimum absolute atomic E-state index is 0.244. The van der Waals surface area contributed by atoms with Crippen molar-refractivity contribution in [2.45, 2.75) is 33.1 Å². The highest BCUT2D eigenvalue weighted by Gasteiger charge is 2.22. The van der Waals surface area contributed by atoms with Crippen LogP contribution >= 0.6 is 0 Å². The average Bonchev–Trinajstić information content (AvgIpc) is 3.11. The second-order valence-electron chi connectivity index (χ2n) is 6.24. The smallest absolute Gasteiger partial charge is 0.222 e. The Labute approximate surface area is 142 Å². The van der Waals surface area contributed by atoms with E-state index < -0.39 is 0 Å². The van der Waals surface area contributed by atoms with Crippen molar-refractivity contribution in [1.82, 2.24) is 25.1 Å². The monoisotopic (exact) mass is 328 g/mol. The molecule has 7 heteroatoms. The van der Waals surface area contributed by atoms with Gasteiger partial charge in [-0.2, -0.15) is 5.10 Å². The lowest BCUT2D eigenvalue weighted by molar-refractivity contribution is -0.131. The summed E-state index contributed by atoms with van der Waals surface area (Å²) < 4.78 is 0. The Balaban J connectivity index is 1.47. The first-order valence-electron chi connectivity index (χ1n) is 8.43. The van der Waals surface area contributed by atoms with Gasteiger partial charge >= 0.3 is 0 Å². The fraction of sp³-hybridized carbons (Fsp3) is 0.529. The molecule has 0 aliphatic carbocycles. The summed E-state index contributed by atoms with van der Waals surface area (Å²) in [6.07, 6.45) is 7.66. The zero-order chi connectivity index (χ0) is 16.9. The van der Waals surface area contributed by atoms with E-state index in [1.165, 1.54) is 0 Å². The van der Waals surface area contributed by atoms with Gasteiger partial charge in [0.25, 0.3) is 0 Å². The number of carbonyl (C=O) groups is 1. The van der Waals surface area contributed by atoms with Gasteiger partial charge in [0.2, 0.25) is 5.91 Å². The highest BCUT2D eigenvalue weighted by molar-refractivity contribution is 5.76. The Kier molecular flexibility index (Phi) is 5.08. The lowest BCUT2D eigenvalue weighted by atomic mass is 10.1. The molecule has 1 saturated heterocycles. The van der Waals surface area contributed by atoms with Crippen molar-refractivity contribution in [3.63, 3.8) is 0 Å². The molecule has 0 atom stereocenters. The summed E-state index contributed by atoms with van der Waals surface area (Å²) in [6, 6.07) is 0. The maximum absolute atomic E-state index is 12.3. The Morgan fingerprint density at radius 2 is 2.00 bits per heavy atom. The van der Waals surface area contributed by atoms with Crippen molar-refractivity contribution in [2.75, 3.05) is 31.1 Å². The topological polar surface area (TPSA) is 78.0 Å². The lowest BCUT2D eigenvalue weighted by Gasteiger charge is -2.36. The van der Waals surface area contributed by atoms with Crippen molar-refractivity contribution in [3.8, 4) is 0 Å². The van der Waals surface area contributed by atoms with Gasteiger partial charge in [-0.25, -0.2) is 9.97 Å². The number of hydrogen-bond acceptors (Lipinski definition) is 5. The van der Waals surface area contributed by atoms with Gasteiger partial charge in [-0.15, -0.1) is 0 Å². The van der Waals surface area contributed by atoms with Crippen LogP contribution in [0.1, 0.15) is 29.7 Å². The molecular weight excluding hydrogens is 304 g/mol. The van der Waals surface area contributed by atoms with Crippen LogP contribution in [-0.2, 0) is 11.2 Å². The van der Waals surface area contributed by atoms with Crippen molar-refractivity contribution in [1.29, 1.82) is 0 Å². The molecular formula is C17H24N6O. The number of rotatable bonds is 5. The van der Waals surface area contributed by atoms with Crippen LogP contribution < -0.4 is 4.90 Å². The molecule has 1 aliphatic heterocycles. The number of aromatic amines is 1. The fourth-order valence-electron chi connectivity index (χ4n) is 3.03. The zero-order valence-electron chi connectivity index (χ0n) is 14.3. The van der Waals surface area contributed by atoms with Crippen LogP contribution in [0, 0.1) is 13.8 Å². The van der Waals surface area contributed by atoms with Crippen molar-refractivity contribution in [2.24, 2.45) is 0 Å². The Morgan fingerprint density at radius 1 is 1.21 bits per heavy atom. The van der Waals surface area contributed by atoms with Crippen LogP contribution in [0.3, 0.4) is 0 Å². The standard InChI is InChI=1S/C17H24N6O/c1-13-14(2)18-12-19-17(13)23-8-6-22(7-9-23)16(24)5-3-4-15-10-20-21-11-15/h10-12H,3-9H2,1-2H3,(H,20,21). The number of anilines is 1. The summed E-state index contributed by atoms with van der Waals surface area (Å²) >= 11 is 0. The van der Waals surface area contributed by atoms with Gasteiger partial charge in [-0.05, 0) is 32.3 Å². The summed E-state index contributed by atoms with van der Waals surface area (Å²) in [7, 11) is 0. The largest absolute Gasteiger partial charge is 0.353 e. The summed E-state index contributed by atoms with van der Waals surface area (Å²) in [6.45, 7) is 7.22. The van der Waals surface area contributed by atoms with E-state index in [0.29, 0.717) is 6.42 Å².